The van der Waals surface area contributed by atoms with Crippen LogP contribution in [0.4, 0.5) is 10.1 Å². The number of rotatable bonds is 4. The Kier molecular flexibility index (Phi) is 4.11. The van der Waals surface area contributed by atoms with Crippen LogP contribution < -0.4 is 4.90 Å². The summed E-state index contributed by atoms with van der Waals surface area (Å²) in [6.07, 6.45) is 0. The number of fused-ring (bicyclic) bond motifs is 1. The predicted octanol–water partition coefficient (Wildman–Crippen LogP) is 4.82. The Bertz CT molecular complexity index is 867. The molecule has 0 unspecified atom stereocenters. The van der Waals surface area contributed by atoms with Crippen molar-refractivity contribution >= 4 is 22.2 Å². The first-order chi connectivity index (χ1) is 11.1. The smallest absolute Gasteiger partial charge is 0.164 e. The van der Waals surface area contributed by atoms with Gasteiger partial charge in [0.25, 0.3) is 0 Å². The molecule has 0 heterocycles. The summed E-state index contributed by atoms with van der Waals surface area (Å²) < 4.78 is 14.0. The molecule has 2 nitrogen and oxygen atoms in total. The Labute approximate surface area is 135 Å². The molecule has 0 radical (unpaired) electrons. The molecular formula is C20H18FNO. The van der Waals surface area contributed by atoms with Crippen molar-refractivity contribution in [2.75, 3.05) is 11.9 Å². The van der Waals surface area contributed by atoms with Crippen LogP contribution in [-0.4, -0.2) is 12.8 Å². The van der Waals surface area contributed by atoms with E-state index in [1.807, 2.05) is 30.1 Å². The van der Waals surface area contributed by atoms with Gasteiger partial charge in [0.1, 0.15) is 5.82 Å². The summed E-state index contributed by atoms with van der Waals surface area (Å²) in [7, 11) is 1.88. The second-order valence-corrected chi connectivity index (χ2v) is 5.68. The van der Waals surface area contributed by atoms with Gasteiger partial charge < -0.3 is 4.90 Å². The highest BCUT2D eigenvalue weighted by atomic mass is 19.1. The van der Waals surface area contributed by atoms with Crippen molar-refractivity contribution in [3.63, 3.8) is 0 Å². The molecule has 0 atom stereocenters. The highest BCUT2D eigenvalue weighted by molar-refractivity contribution is 6.00. The maximum Gasteiger partial charge on any atom is 0.164 e. The van der Waals surface area contributed by atoms with Gasteiger partial charge in [0.2, 0.25) is 0 Å². The first-order valence-electron chi connectivity index (χ1n) is 7.55. The summed E-state index contributed by atoms with van der Waals surface area (Å²) in [6.45, 7) is 2.00. The van der Waals surface area contributed by atoms with Crippen molar-refractivity contribution < 1.29 is 9.18 Å². The number of hydrogen-bond donors (Lipinski definition) is 0. The van der Waals surface area contributed by atoms with E-state index in [1.165, 1.54) is 23.8 Å². The van der Waals surface area contributed by atoms with Crippen LogP contribution in [0, 0.1) is 5.82 Å². The van der Waals surface area contributed by atoms with E-state index < -0.39 is 5.82 Å². The molecule has 3 aromatic carbocycles. The third kappa shape index (κ3) is 2.95. The number of carbonyl (C=O) groups excluding carboxylic acids is 1. The van der Waals surface area contributed by atoms with E-state index in [0.29, 0.717) is 12.2 Å². The van der Waals surface area contributed by atoms with Crippen LogP contribution in [-0.2, 0) is 6.54 Å². The minimum absolute atomic E-state index is 0.148. The van der Waals surface area contributed by atoms with Gasteiger partial charge in [-0.1, -0.05) is 48.5 Å². The van der Waals surface area contributed by atoms with Gasteiger partial charge in [0, 0.05) is 13.6 Å². The van der Waals surface area contributed by atoms with E-state index in [1.54, 1.807) is 12.1 Å². The second-order valence-electron chi connectivity index (χ2n) is 5.68. The topological polar surface area (TPSA) is 20.3 Å². The van der Waals surface area contributed by atoms with Crippen LogP contribution in [0.25, 0.3) is 10.8 Å². The summed E-state index contributed by atoms with van der Waals surface area (Å²) in [5.74, 6) is -0.734. The van der Waals surface area contributed by atoms with Gasteiger partial charge in [-0.05, 0) is 35.4 Å². The van der Waals surface area contributed by atoms with E-state index in [-0.39, 0.29) is 11.3 Å². The molecule has 3 rings (SSSR count). The minimum Gasteiger partial charge on any atom is -0.370 e. The lowest BCUT2D eigenvalue weighted by Gasteiger charge is -2.23. The zero-order chi connectivity index (χ0) is 16.4. The third-order valence-electron chi connectivity index (χ3n) is 4.04. The summed E-state index contributed by atoms with van der Waals surface area (Å²) in [4.78, 5) is 13.7. The SMILES string of the molecule is CC(=O)c1c(F)cccc1N(C)Cc1cccc2ccccc12. The van der Waals surface area contributed by atoms with E-state index in [2.05, 4.69) is 24.3 Å². The molecule has 0 bridgehead atoms. The minimum atomic E-state index is -0.472. The molecule has 0 saturated heterocycles. The van der Waals surface area contributed by atoms with E-state index in [0.717, 1.165) is 5.56 Å². The first-order valence-corrected chi connectivity index (χ1v) is 7.55. The lowest BCUT2D eigenvalue weighted by atomic mass is 10.0. The van der Waals surface area contributed by atoms with Crippen LogP contribution in [0.15, 0.2) is 60.7 Å². The van der Waals surface area contributed by atoms with E-state index >= 15 is 0 Å². The number of halogens is 1. The molecule has 0 aromatic heterocycles. The molecule has 0 aliphatic carbocycles. The zero-order valence-corrected chi connectivity index (χ0v) is 13.2. The molecule has 3 heteroatoms. The van der Waals surface area contributed by atoms with Crippen molar-refractivity contribution in [2.45, 2.75) is 13.5 Å². The molecule has 0 aliphatic rings. The van der Waals surface area contributed by atoms with Crippen molar-refractivity contribution in [3.05, 3.63) is 77.6 Å². The standard InChI is InChI=1S/C20H18FNO/c1-14(23)20-18(21)11-6-12-19(20)22(2)13-16-9-5-8-15-7-3-4-10-17(15)16/h3-12H,13H2,1-2H3. The van der Waals surface area contributed by atoms with Gasteiger partial charge in [-0.2, -0.15) is 0 Å². The first kappa shape index (κ1) is 15.2. The van der Waals surface area contributed by atoms with Gasteiger partial charge in [0.15, 0.2) is 5.78 Å². The van der Waals surface area contributed by atoms with Crippen molar-refractivity contribution in [3.8, 4) is 0 Å². The zero-order valence-electron chi connectivity index (χ0n) is 13.2. The largest absolute Gasteiger partial charge is 0.370 e. The second kappa shape index (κ2) is 6.21. The Morgan fingerprint density at radius 1 is 1.00 bits per heavy atom. The Balaban J connectivity index is 2.00. The molecule has 0 fully saturated rings. The maximum absolute atomic E-state index is 14.0. The number of ketones is 1. The number of carbonyl (C=O) groups is 1. The summed E-state index contributed by atoms with van der Waals surface area (Å²) in [5, 5.41) is 2.34. The average molecular weight is 307 g/mol. The molecule has 0 N–H and O–H groups in total. The highest BCUT2D eigenvalue weighted by Crippen LogP contribution is 2.26. The van der Waals surface area contributed by atoms with Gasteiger partial charge >= 0.3 is 0 Å². The van der Waals surface area contributed by atoms with Crippen molar-refractivity contribution in [1.29, 1.82) is 0 Å². The third-order valence-corrected chi connectivity index (χ3v) is 4.04. The molecule has 116 valence electrons. The quantitative estimate of drug-likeness (QED) is 0.644. The number of hydrogen-bond acceptors (Lipinski definition) is 2. The average Bonchev–Trinajstić information content (AvgIpc) is 2.54. The fourth-order valence-corrected chi connectivity index (χ4v) is 2.95. The van der Waals surface area contributed by atoms with Crippen LogP contribution in [0.5, 0.6) is 0 Å². The molecule has 0 spiro atoms. The van der Waals surface area contributed by atoms with E-state index in [4.69, 9.17) is 0 Å². The summed E-state index contributed by atoms with van der Waals surface area (Å²) in [5.41, 5.74) is 1.91. The lowest BCUT2D eigenvalue weighted by molar-refractivity contribution is 0.101. The Hall–Kier alpha value is -2.68. The molecule has 0 amide bonds. The molecule has 3 aromatic rings. The number of benzene rings is 3. The van der Waals surface area contributed by atoms with Crippen molar-refractivity contribution in [1.82, 2.24) is 0 Å². The van der Waals surface area contributed by atoms with Gasteiger partial charge in [-0.3, -0.25) is 4.79 Å². The molecule has 0 aliphatic heterocycles. The van der Waals surface area contributed by atoms with E-state index in [9.17, 15) is 9.18 Å². The van der Waals surface area contributed by atoms with Crippen LogP contribution in [0.2, 0.25) is 0 Å². The predicted molar refractivity (Wildman–Crippen MR) is 92.5 cm³/mol. The normalized spacial score (nSPS) is 10.7. The van der Waals surface area contributed by atoms with Crippen LogP contribution in [0.1, 0.15) is 22.8 Å². The highest BCUT2D eigenvalue weighted by Gasteiger charge is 2.16. The Morgan fingerprint density at radius 3 is 2.48 bits per heavy atom. The maximum atomic E-state index is 14.0. The fraction of sp³-hybridized carbons (Fsp3) is 0.150. The fourth-order valence-electron chi connectivity index (χ4n) is 2.95. The van der Waals surface area contributed by atoms with Crippen LogP contribution in [0.3, 0.4) is 0 Å². The monoisotopic (exact) mass is 307 g/mol. The molecular weight excluding hydrogens is 289 g/mol. The summed E-state index contributed by atoms with van der Waals surface area (Å²) >= 11 is 0. The lowest BCUT2D eigenvalue weighted by Crippen LogP contribution is -2.20. The number of nitrogens with zero attached hydrogens (tertiary/aromatic N) is 1. The summed E-state index contributed by atoms with van der Waals surface area (Å²) in [6, 6.07) is 19.1. The van der Waals surface area contributed by atoms with Crippen molar-refractivity contribution in [2.24, 2.45) is 0 Å². The molecule has 23 heavy (non-hydrogen) atoms. The Morgan fingerprint density at radius 2 is 1.70 bits per heavy atom. The van der Waals surface area contributed by atoms with Gasteiger partial charge in [-0.25, -0.2) is 4.39 Å². The van der Waals surface area contributed by atoms with Gasteiger partial charge in [0.05, 0.1) is 11.3 Å². The number of Topliss-reactive ketones (excluding diaryl/α,β-unsaturated/α-hetero) is 1. The molecule has 0 saturated carbocycles. The number of anilines is 1. The van der Waals surface area contributed by atoms with Crippen LogP contribution >= 0.6 is 0 Å². The van der Waals surface area contributed by atoms with Gasteiger partial charge in [-0.15, -0.1) is 0 Å².